The molecule has 0 heterocycles. The summed E-state index contributed by atoms with van der Waals surface area (Å²) in [5, 5.41) is 3.26. The number of rotatable bonds is 8. The van der Waals surface area contributed by atoms with Crippen LogP contribution in [0, 0.1) is 5.82 Å². The minimum Gasteiger partial charge on any atom is -0.488 e. The summed E-state index contributed by atoms with van der Waals surface area (Å²) in [6, 6.07) is 5.01. The fourth-order valence-corrected chi connectivity index (χ4v) is 1.75. The smallest absolute Gasteiger partial charge is 0.165 e. The molecule has 0 aliphatic carbocycles. The molecule has 1 N–H and O–H groups in total. The molecule has 0 saturated heterocycles. The lowest BCUT2D eigenvalue weighted by molar-refractivity contribution is -0.0167. The summed E-state index contributed by atoms with van der Waals surface area (Å²) in [5.74, 6) is 0.00479. The van der Waals surface area contributed by atoms with E-state index in [4.69, 9.17) is 9.47 Å². The van der Waals surface area contributed by atoms with Crippen LogP contribution < -0.4 is 10.1 Å². The Morgan fingerprint density at radius 2 is 1.95 bits per heavy atom. The lowest BCUT2D eigenvalue weighted by atomic mass is 10.2. The third kappa shape index (κ3) is 6.35. The van der Waals surface area contributed by atoms with Gasteiger partial charge in [-0.2, -0.15) is 0 Å². The number of ether oxygens (including phenoxy) is 2. The highest BCUT2D eigenvalue weighted by Gasteiger charge is 2.12. The summed E-state index contributed by atoms with van der Waals surface area (Å²) >= 11 is 0. The minimum atomic E-state index is -0.323. The molecular weight excluding hydrogens is 257 g/mol. The van der Waals surface area contributed by atoms with E-state index < -0.39 is 0 Å². The number of hydrogen-bond acceptors (Lipinski definition) is 3. The molecule has 0 aromatic heterocycles. The van der Waals surface area contributed by atoms with Crippen molar-refractivity contribution in [2.45, 2.75) is 46.3 Å². The lowest BCUT2D eigenvalue weighted by Gasteiger charge is -2.20. The number of benzene rings is 1. The van der Waals surface area contributed by atoms with Crippen molar-refractivity contribution in [3.8, 4) is 5.75 Å². The molecule has 0 amide bonds. The van der Waals surface area contributed by atoms with Crippen LogP contribution in [0.25, 0.3) is 0 Å². The van der Waals surface area contributed by atoms with Gasteiger partial charge in [0.25, 0.3) is 0 Å². The molecule has 20 heavy (non-hydrogen) atoms. The monoisotopic (exact) mass is 283 g/mol. The third-order valence-corrected chi connectivity index (χ3v) is 2.66. The van der Waals surface area contributed by atoms with Gasteiger partial charge in [-0.05, 0) is 39.8 Å². The summed E-state index contributed by atoms with van der Waals surface area (Å²) in [6.07, 6.45) is 1.05. The summed E-state index contributed by atoms with van der Waals surface area (Å²) in [5.41, 5.74) is 0.638. The molecule has 0 aliphatic heterocycles. The Labute approximate surface area is 121 Å². The first-order valence-electron chi connectivity index (χ1n) is 7.19. The predicted molar refractivity (Wildman–Crippen MR) is 79.6 cm³/mol. The third-order valence-electron chi connectivity index (χ3n) is 2.66. The van der Waals surface area contributed by atoms with Crippen LogP contribution in [0.5, 0.6) is 5.75 Å². The van der Waals surface area contributed by atoms with Crippen LogP contribution in [-0.2, 0) is 11.3 Å². The molecule has 3 nitrogen and oxygen atoms in total. The fraction of sp³-hybridized carbons (Fsp3) is 0.625. The Morgan fingerprint density at radius 1 is 1.20 bits per heavy atom. The Hall–Kier alpha value is -1.13. The minimum absolute atomic E-state index is 0.204. The molecule has 0 radical (unpaired) electrons. The first-order chi connectivity index (χ1) is 9.44. The SMILES string of the molecule is CCCNCc1cccc(F)c1OCCOC(C)(C)C. The maximum atomic E-state index is 13.8. The maximum Gasteiger partial charge on any atom is 0.165 e. The van der Waals surface area contributed by atoms with Crippen LogP contribution in [0.15, 0.2) is 18.2 Å². The second kappa shape index (κ2) is 8.22. The molecule has 0 spiro atoms. The molecule has 0 atom stereocenters. The number of nitrogens with one attached hydrogen (secondary N) is 1. The van der Waals surface area contributed by atoms with Crippen LogP contribution in [0.4, 0.5) is 4.39 Å². The van der Waals surface area contributed by atoms with Crippen molar-refractivity contribution >= 4 is 0 Å². The van der Waals surface area contributed by atoms with E-state index in [1.54, 1.807) is 6.07 Å². The van der Waals surface area contributed by atoms with Gasteiger partial charge >= 0.3 is 0 Å². The second-order valence-electron chi connectivity index (χ2n) is 5.71. The average molecular weight is 283 g/mol. The van der Waals surface area contributed by atoms with Gasteiger partial charge in [0.15, 0.2) is 11.6 Å². The number of halogens is 1. The highest BCUT2D eigenvalue weighted by atomic mass is 19.1. The number of hydrogen-bond donors (Lipinski definition) is 1. The van der Waals surface area contributed by atoms with Gasteiger partial charge < -0.3 is 14.8 Å². The summed E-state index contributed by atoms with van der Waals surface area (Å²) < 4.78 is 24.9. The van der Waals surface area contributed by atoms with Crippen LogP contribution in [-0.4, -0.2) is 25.4 Å². The normalized spacial score (nSPS) is 11.7. The van der Waals surface area contributed by atoms with Crippen LogP contribution in [0.3, 0.4) is 0 Å². The van der Waals surface area contributed by atoms with E-state index in [0.29, 0.717) is 25.5 Å². The van der Waals surface area contributed by atoms with Gasteiger partial charge in [-0.1, -0.05) is 19.1 Å². The zero-order valence-electron chi connectivity index (χ0n) is 13.0. The van der Waals surface area contributed by atoms with Gasteiger partial charge in [0, 0.05) is 12.1 Å². The summed E-state index contributed by atoms with van der Waals surface area (Å²) in [6.45, 7) is 10.4. The van der Waals surface area contributed by atoms with Gasteiger partial charge in [-0.3, -0.25) is 0 Å². The lowest BCUT2D eigenvalue weighted by Crippen LogP contribution is -2.23. The molecule has 1 aromatic rings. The zero-order valence-corrected chi connectivity index (χ0v) is 13.0. The molecule has 114 valence electrons. The Kier molecular flexibility index (Phi) is 6.96. The summed E-state index contributed by atoms with van der Waals surface area (Å²) in [4.78, 5) is 0. The number of para-hydroxylation sites is 1. The van der Waals surface area contributed by atoms with Crippen molar-refractivity contribution < 1.29 is 13.9 Å². The van der Waals surface area contributed by atoms with E-state index in [1.807, 2.05) is 26.8 Å². The van der Waals surface area contributed by atoms with Crippen molar-refractivity contribution in [1.29, 1.82) is 0 Å². The molecule has 0 bridgehead atoms. The van der Waals surface area contributed by atoms with Crippen molar-refractivity contribution in [2.75, 3.05) is 19.8 Å². The van der Waals surface area contributed by atoms with E-state index in [9.17, 15) is 4.39 Å². The highest BCUT2D eigenvalue weighted by molar-refractivity contribution is 5.34. The first-order valence-corrected chi connectivity index (χ1v) is 7.19. The molecule has 1 aromatic carbocycles. The Morgan fingerprint density at radius 3 is 2.60 bits per heavy atom. The van der Waals surface area contributed by atoms with Gasteiger partial charge in [0.1, 0.15) is 6.61 Å². The topological polar surface area (TPSA) is 30.5 Å². The van der Waals surface area contributed by atoms with Crippen molar-refractivity contribution in [2.24, 2.45) is 0 Å². The van der Waals surface area contributed by atoms with Crippen molar-refractivity contribution in [3.05, 3.63) is 29.6 Å². The predicted octanol–water partition coefficient (Wildman–Crippen LogP) is 3.52. The second-order valence-corrected chi connectivity index (χ2v) is 5.71. The van der Waals surface area contributed by atoms with E-state index in [2.05, 4.69) is 12.2 Å². The van der Waals surface area contributed by atoms with Crippen molar-refractivity contribution in [1.82, 2.24) is 5.32 Å². The average Bonchev–Trinajstić information content (AvgIpc) is 2.36. The van der Waals surface area contributed by atoms with Gasteiger partial charge in [-0.15, -0.1) is 0 Å². The molecule has 4 heteroatoms. The fourth-order valence-electron chi connectivity index (χ4n) is 1.75. The highest BCUT2D eigenvalue weighted by Crippen LogP contribution is 2.22. The molecule has 0 fully saturated rings. The van der Waals surface area contributed by atoms with Gasteiger partial charge in [0.05, 0.1) is 12.2 Å². The van der Waals surface area contributed by atoms with E-state index in [0.717, 1.165) is 18.5 Å². The molecule has 1 rings (SSSR count). The van der Waals surface area contributed by atoms with Gasteiger partial charge in [-0.25, -0.2) is 4.39 Å². The largest absolute Gasteiger partial charge is 0.488 e. The molecule has 0 aliphatic rings. The van der Waals surface area contributed by atoms with Crippen LogP contribution in [0.2, 0.25) is 0 Å². The quantitative estimate of drug-likeness (QED) is 0.740. The summed E-state index contributed by atoms with van der Waals surface area (Å²) in [7, 11) is 0. The van der Waals surface area contributed by atoms with Crippen LogP contribution in [0.1, 0.15) is 39.7 Å². The molecule has 0 unspecified atom stereocenters. The van der Waals surface area contributed by atoms with Crippen molar-refractivity contribution in [3.63, 3.8) is 0 Å². The van der Waals surface area contributed by atoms with Crippen LogP contribution >= 0.6 is 0 Å². The van der Waals surface area contributed by atoms with E-state index >= 15 is 0 Å². The van der Waals surface area contributed by atoms with E-state index in [1.165, 1.54) is 6.07 Å². The maximum absolute atomic E-state index is 13.8. The standard InChI is InChI=1S/C16H26FNO2/c1-5-9-18-12-13-7-6-8-14(17)15(13)19-10-11-20-16(2,3)4/h6-8,18H,5,9-12H2,1-4H3. The van der Waals surface area contributed by atoms with E-state index in [-0.39, 0.29) is 11.4 Å². The molecule has 0 saturated carbocycles. The van der Waals surface area contributed by atoms with Gasteiger partial charge in [0.2, 0.25) is 0 Å². The zero-order chi connectivity index (χ0) is 15.0. The molecular formula is C16H26FNO2. The Balaban J connectivity index is 2.54. The first kappa shape index (κ1) is 16.9. The Bertz CT molecular complexity index is 402.